The van der Waals surface area contributed by atoms with E-state index in [9.17, 15) is 4.79 Å². The molecule has 1 aromatic heterocycles. The minimum atomic E-state index is 0.214. The molecule has 0 aromatic carbocycles. The van der Waals surface area contributed by atoms with Crippen LogP contribution in [0.1, 0.15) is 43.5 Å². The van der Waals surface area contributed by atoms with Crippen molar-refractivity contribution >= 4 is 0 Å². The third-order valence-electron chi connectivity index (χ3n) is 3.72. The molecule has 0 amide bonds. The number of aromatic nitrogens is 1. The van der Waals surface area contributed by atoms with Crippen molar-refractivity contribution in [1.82, 2.24) is 9.88 Å². The van der Waals surface area contributed by atoms with Gasteiger partial charge in [0.2, 0.25) is 0 Å². The smallest absolute Gasteiger partial charge is 0.255 e. The number of hydrogen-bond acceptors (Lipinski definition) is 2. The second kappa shape index (κ2) is 5.70. The molecule has 1 N–H and O–H groups in total. The zero-order valence-electron chi connectivity index (χ0n) is 11.8. The molecule has 3 heteroatoms. The number of pyridine rings is 1. The molecule has 0 fully saturated rings. The van der Waals surface area contributed by atoms with Gasteiger partial charge in [0.1, 0.15) is 0 Å². The Balaban J connectivity index is 2.38. The average molecular weight is 248 g/mol. The Kier molecular flexibility index (Phi) is 4.23. The van der Waals surface area contributed by atoms with Crippen LogP contribution in [0.15, 0.2) is 10.9 Å². The third-order valence-corrected chi connectivity index (χ3v) is 3.72. The lowest BCUT2D eigenvalue weighted by atomic mass is 10.1. The third kappa shape index (κ3) is 2.66. The molecule has 18 heavy (non-hydrogen) atoms. The van der Waals surface area contributed by atoms with Gasteiger partial charge >= 0.3 is 0 Å². The summed E-state index contributed by atoms with van der Waals surface area (Å²) in [5.41, 5.74) is 3.82. The monoisotopic (exact) mass is 248 g/mol. The summed E-state index contributed by atoms with van der Waals surface area (Å²) in [5.74, 6) is 0.641. The summed E-state index contributed by atoms with van der Waals surface area (Å²) in [7, 11) is 1.89. The molecule has 0 unspecified atom stereocenters. The molecular weight excluding hydrogens is 224 g/mol. The van der Waals surface area contributed by atoms with Crippen molar-refractivity contribution < 1.29 is 0 Å². The summed E-state index contributed by atoms with van der Waals surface area (Å²) < 4.78 is 2.04. The Hall–Kier alpha value is -1.09. The van der Waals surface area contributed by atoms with Crippen molar-refractivity contribution in [3.63, 3.8) is 0 Å². The van der Waals surface area contributed by atoms with Gasteiger partial charge in [0.25, 0.3) is 5.56 Å². The van der Waals surface area contributed by atoms with Gasteiger partial charge in [-0.1, -0.05) is 13.8 Å². The number of aryl methyl sites for hydroxylation is 1. The number of fused-ring (bicyclic) bond motifs is 1. The van der Waals surface area contributed by atoms with Crippen LogP contribution in [-0.2, 0) is 25.9 Å². The van der Waals surface area contributed by atoms with E-state index < -0.39 is 0 Å². The molecule has 0 radical (unpaired) electrons. The Morgan fingerprint density at radius 2 is 2.17 bits per heavy atom. The molecule has 0 atom stereocenters. The molecule has 2 rings (SSSR count). The standard InChI is InChI=1S/C15H24N2O/c1-11(2)7-8-17-14-6-4-5-12(14)9-13(10-16-3)15(17)18/h9,11,16H,4-8,10H2,1-3H3. The maximum Gasteiger partial charge on any atom is 0.255 e. The Labute approximate surface area is 109 Å². The zero-order chi connectivity index (χ0) is 13.1. The predicted molar refractivity (Wildman–Crippen MR) is 74.9 cm³/mol. The van der Waals surface area contributed by atoms with E-state index in [2.05, 4.69) is 25.2 Å². The van der Waals surface area contributed by atoms with E-state index in [1.165, 1.54) is 17.7 Å². The van der Waals surface area contributed by atoms with Crippen molar-refractivity contribution in [2.24, 2.45) is 5.92 Å². The van der Waals surface area contributed by atoms with Crippen LogP contribution in [-0.4, -0.2) is 11.6 Å². The van der Waals surface area contributed by atoms with Crippen molar-refractivity contribution in [2.75, 3.05) is 7.05 Å². The molecular formula is C15H24N2O. The highest BCUT2D eigenvalue weighted by atomic mass is 16.1. The fourth-order valence-electron chi connectivity index (χ4n) is 2.72. The van der Waals surface area contributed by atoms with Gasteiger partial charge in [-0.3, -0.25) is 4.79 Å². The van der Waals surface area contributed by atoms with E-state index >= 15 is 0 Å². The summed E-state index contributed by atoms with van der Waals surface area (Å²) in [6.45, 7) is 5.97. The second-order valence-electron chi connectivity index (χ2n) is 5.66. The lowest BCUT2D eigenvalue weighted by molar-refractivity contribution is 0.495. The topological polar surface area (TPSA) is 34.0 Å². The van der Waals surface area contributed by atoms with Gasteiger partial charge in [-0.05, 0) is 50.3 Å². The maximum atomic E-state index is 12.5. The van der Waals surface area contributed by atoms with Crippen molar-refractivity contribution in [1.29, 1.82) is 0 Å². The highest BCUT2D eigenvalue weighted by molar-refractivity contribution is 5.30. The summed E-state index contributed by atoms with van der Waals surface area (Å²) in [6, 6.07) is 2.12. The van der Waals surface area contributed by atoms with Crippen LogP contribution in [0.2, 0.25) is 0 Å². The predicted octanol–water partition coefficient (Wildman–Crippen LogP) is 2.10. The molecule has 100 valence electrons. The van der Waals surface area contributed by atoms with Gasteiger partial charge in [0.15, 0.2) is 0 Å². The van der Waals surface area contributed by atoms with Crippen LogP contribution in [0.4, 0.5) is 0 Å². The van der Waals surface area contributed by atoms with Crippen LogP contribution in [0, 0.1) is 5.92 Å². The molecule has 1 heterocycles. The number of hydrogen-bond donors (Lipinski definition) is 1. The average Bonchev–Trinajstić information content (AvgIpc) is 2.77. The largest absolute Gasteiger partial charge is 0.315 e. The van der Waals surface area contributed by atoms with E-state index in [-0.39, 0.29) is 5.56 Å². The summed E-state index contributed by atoms with van der Waals surface area (Å²) >= 11 is 0. The molecule has 3 nitrogen and oxygen atoms in total. The first-order valence-corrected chi connectivity index (χ1v) is 7.02. The fraction of sp³-hybridized carbons (Fsp3) is 0.667. The molecule has 0 saturated heterocycles. The molecule has 1 aromatic rings. The Morgan fingerprint density at radius 1 is 1.39 bits per heavy atom. The first-order valence-electron chi connectivity index (χ1n) is 7.02. The number of rotatable bonds is 5. The minimum absolute atomic E-state index is 0.214. The van der Waals surface area contributed by atoms with Crippen LogP contribution in [0.5, 0.6) is 0 Å². The Bertz CT molecular complexity index is 474. The zero-order valence-corrected chi connectivity index (χ0v) is 11.8. The van der Waals surface area contributed by atoms with Crippen LogP contribution < -0.4 is 10.9 Å². The van der Waals surface area contributed by atoms with Gasteiger partial charge < -0.3 is 9.88 Å². The minimum Gasteiger partial charge on any atom is -0.315 e. The summed E-state index contributed by atoms with van der Waals surface area (Å²) in [4.78, 5) is 12.5. The molecule has 0 saturated carbocycles. The molecule has 1 aliphatic rings. The molecule has 0 aliphatic heterocycles. The van der Waals surface area contributed by atoms with Gasteiger partial charge in [0.05, 0.1) is 0 Å². The number of nitrogens with zero attached hydrogens (tertiary/aromatic N) is 1. The summed E-state index contributed by atoms with van der Waals surface area (Å²) in [6.07, 6.45) is 4.48. The van der Waals surface area contributed by atoms with Crippen LogP contribution >= 0.6 is 0 Å². The van der Waals surface area contributed by atoms with E-state index in [0.717, 1.165) is 31.4 Å². The lowest BCUT2D eigenvalue weighted by Crippen LogP contribution is -2.29. The van der Waals surface area contributed by atoms with E-state index in [1.54, 1.807) is 0 Å². The first kappa shape index (κ1) is 13.3. The Morgan fingerprint density at radius 3 is 2.83 bits per heavy atom. The van der Waals surface area contributed by atoms with Gasteiger partial charge in [0, 0.05) is 24.3 Å². The highest BCUT2D eigenvalue weighted by Gasteiger charge is 2.18. The SMILES string of the molecule is CNCc1cc2c(n(CCC(C)C)c1=O)CCC2. The van der Waals surface area contributed by atoms with Crippen molar-refractivity contribution in [2.45, 2.75) is 52.6 Å². The first-order chi connectivity index (χ1) is 8.63. The van der Waals surface area contributed by atoms with Gasteiger partial charge in [-0.2, -0.15) is 0 Å². The number of nitrogens with one attached hydrogen (secondary N) is 1. The highest BCUT2D eigenvalue weighted by Crippen LogP contribution is 2.22. The van der Waals surface area contributed by atoms with Gasteiger partial charge in [-0.15, -0.1) is 0 Å². The second-order valence-corrected chi connectivity index (χ2v) is 5.66. The van der Waals surface area contributed by atoms with E-state index in [4.69, 9.17) is 0 Å². The van der Waals surface area contributed by atoms with Crippen molar-refractivity contribution in [3.05, 3.63) is 33.2 Å². The van der Waals surface area contributed by atoms with E-state index in [0.29, 0.717) is 12.5 Å². The fourth-order valence-corrected chi connectivity index (χ4v) is 2.72. The maximum absolute atomic E-state index is 12.5. The van der Waals surface area contributed by atoms with Crippen molar-refractivity contribution in [3.8, 4) is 0 Å². The molecule has 0 bridgehead atoms. The molecule has 1 aliphatic carbocycles. The summed E-state index contributed by atoms with van der Waals surface area (Å²) in [5, 5.41) is 3.09. The molecule has 0 spiro atoms. The quantitative estimate of drug-likeness (QED) is 0.866. The van der Waals surface area contributed by atoms with Crippen LogP contribution in [0.3, 0.4) is 0 Å². The van der Waals surface area contributed by atoms with Crippen LogP contribution in [0.25, 0.3) is 0 Å². The van der Waals surface area contributed by atoms with E-state index in [1.807, 2.05) is 11.6 Å². The lowest BCUT2D eigenvalue weighted by Gasteiger charge is -2.15. The normalized spacial score (nSPS) is 14.2. The van der Waals surface area contributed by atoms with Gasteiger partial charge in [-0.25, -0.2) is 0 Å².